The zero-order chi connectivity index (χ0) is 14.2. The van der Waals surface area contributed by atoms with Crippen LogP contribution in [0.2, 0.25) is 5.02 Å². The number of hydrogen-bond donors (Lipinski definition) is 1. The van der Waals surface area contributed by atoms with Crippen molar-refractivity contribution < 1.29 is 9.47 Å². The largest absolute Gasteiger partial charge is 0.494 e. The van der Waals surface area contributed by atoms with Crippen LogP contribution in [0.15, 0.2) is 48.5 Å². The van der Waals surface area contributed by atoms with Gasteiger partial charge in [-0.05, 0) is 55.5 Å². The zero-order valence-electron chi connectivity index (χ0n) is 11.4. The summed E-state index contributed by atoms with van der Waals surface area (Å²) in [4.78, 5) is 0. The molecule has 0 unspecified atom stereocenters. The van der Waals surface area contributed by atoms with Crippen molar-refractivity contribution in [2.75, 3.05) is 25.1 Å². The second-order valence-electron chi connectivity index (χ2n) is 4.19. The van der Waals surface area contributed by atoms with Crippen molar-refractivity contribution >= 4 is 17.3 Å². The van der Waals surface area contributed by atoms with Gasteiger partial charge in [0.05, 0.1) is 6.61 Å². The second-order valence-corrected chi connectivity index (χ2v) is 4.62. The average molecular weight is 292 g/mol. The van der Waals surface area contributed by atoms with Crippen molar-refractivity contribution in [3.63, 3.8) is 0 Å². The van der Waals surface area contributed by atoms with E-state index in [9.17, 15) is 0 Å². The molecule has 0 amide bonds. The highest BCUT2D eigenvalue weighted by atomic mass is 35.5. The summed E-state index contributed by atoms with van der Waals surface area (Å²) in [7, 11) is 0. The fraction of sp³-hybridized carbons (Fsp3) is 0.250. The molecule has 0 aliphatic rings. The van der Waals surface area contributed by atoms with E-state index in [1.54, 1.807) is 0 Å². The Balaban J connectivity index is 1.71. The monoisotopic (exact) mass is 291 g/mol. The number of anilines is 1. The molecule has 20 heavy (non-hydrogen) atoms. The number of ether oxygens (including phenoxy) is 2. The van der Waals surface area contributed by atoms with E-state index in [1.165, 1.54) is 0 Å². The maximum atomic E-state index is 5.83. The molecule has 0 radical (unpaired) electrons. The first-order valence-electron chi connectivity index (χ1n) is 6.63. The van der Waals surface area contributed by atoms with Crippen molar-refractivity contribution in [3.8, 4) is 11.5 Å². The molecule has 1 N–H and O–H groups in total. The van der Waals surface area contributed by atoms with Crippen LogP contribution in [0.4, 0.5) is 5.69 Å². The first-order valence-corrected chi connectivity index (χ1v) is 7.01. The van der Waals surface area contributed by atoms with Crippen molar-refractivity contribution in [1.82, 2.24) is 0 Å². The van der Waals surface area contributed by atoms with Crippen molar-refractivity contribution in [3.05, 3.63) is 53.6 Å². The number of nitrogens with one attached hydrogen (secondary N) is 1. The highest BCUT2D eigenvalue weighted by molar-refractivity contribution is 6.30. The predicted molar refractivity (Wildman–Crippen MR) is 83.0 cm³/mol. The molecule has 0 aromatic heterocycles. The Labute approximate surface area is 124 Å². The van der Waals surface area contributed by atoms with Gasteiger partial charge >= 0.3 is 0 Å². The lowest BCUT2D eigenvalue weighted by atomic mass is 10.3. The van der Waals surface area contributed by atoms with E-state index in [-0.39, 0.29) is 0 Å². The van der Waals surface area contributed by atoms with Gasteiger partial charge < -0.3 is 14.8 Å². The number of rotatable bonds is 7. The van der Waals surface area contributed by atoms with E-state index in [2.05, 4.69) is 5.32 Å². The molecule has 0 bridgehead atoms. The van der Waals surface area contributed by atoms with E-state index in [0.717, 1.165) is 28.8 Å². The summed E-state index contributed by atoms with van der Waals surface area (Å²) in [6.45, 7) is 3.96. The van der Waals surface area contributed by atoms with Crippen molar-refractivity contribution in [2.24, 2.45) is 0 Å². The average Bonchev–Trinajstić information content (AvgIpc) is 2.47. The van der Waals surface area contributed by atoms with E-state index in [1.807, 2.05) is 55.5 Å². The molecule has 0 saturated heterocycles. The summed E-state index contributed by atoms with van der Waals surface area (Å²) in [5, 5.41) is 4.00. The first kappa shape index (κ1) is 14.5. The van der Waals surface area contributed by atoms with Crippen LogP contribution in [0.3, 0.4) is 0 Å². The predicted octanol–water partition coefficient (Wildman–Crippen LogP) is 4.23. The van der Waals surface area contributed by atoms with Gasteiger partial charge in [0, 0.05) is 17.3 Å². The minimum Gasteiger partial charge on any atom is -0.494 e. The number of benzene rings is 2. The van der Waals surface area contributed by atoms with E-state index in [4.69, 9.17) is 21.1 Å². The van der Waals surface area contributed by atoms with Gasteiger partial charge in [-0.1, -0.05) is 11.6 Å². The van der Waals surface area contributed by atoms with Crippen molar-refractivity contribution in [1.29, 1.82) is 0 Å². The molecular weight excluding hydrogens is 274 g/mol. The molecular formula is C16H18ClNO2. The van der Waals surface area contributed by atoms with E-state index < -0.39 is 0 Å². The Morgan fingerprint density at radius 1 is 0.900 bits per heavy atom. The summed E-state index contributed by atoms with van der Waals surface area (Å²) >= 11 is 5.83. The smallest absolute Gasteiger partial charge is 0.119 e. The molecule has 4 heteroatoms. The van der Waals surface area contributed by atoms with Crippen LogP contribution in [-0.2, 0) is 0 Å². The molecule has 0 atom stereocenters. The van der Waals surface area contributed by atoms with Crippen LogP contribution in [0.5, 0.6) is 11.5 Å². The van der Waals surface area contributed by atoms with Gasteiger partial charge in [-0.25, -0.2) is 0 Å². The van der Waals surface area contributed by atoms with Gasteiger partial charge in [0.1, 0.15) is 18.1 Å². The Morgan fingerprint density at radius 2 is 1.50 bits per heavy atom. The summed E-state index contributed by atoms with van der Waals surface area (Å²) in [5.41, 5.74) is 1.03. The second kappa shape index (κ2) is 7.65. The SMILES string of the molecule is CCOc1ccc(OCCNc2ccc(Cl)cc2)cc1. The van der Waals surface area contributed by atoms with Crippen LogP contribution in [0, 0.1) is 0 Å². The molecule has 0 spiro atoms. The minimum absolute atomic E-state index is 0.594. The zero-order valence-corrected chi connectivity index (χ0v) is 12.2. The molecule has 3 nitrogen and oxygen atoms in total. The third-order valence-electron chi connectivity index (χ3n) is 2.68. The van der Waals surface area contributed by atoms with Gasteiger partial charge in [-0.2, -0.15) is 0 Å². The lowest BCUT2D eigenvalue weighted by Gasteiger charge is -2.09. The minimum atomic E-state index is 0.594. The van der Waals surface area contributed by atoms with Gasteiger partial charge in [0.25, 0.3) is 0 Å². The normalized spacial score (nSPS) is 10.1. The van der Waals surface area contributed by atoms with Gasteiger partial charge in [-0.15, -0.1) is 0 Å². The van der Waals surface area contributed by atoms with Crippen molar-refractivity contribution in [2.45, 2.75) is 6.92 Å². The van der Waals surface area contributed by atoms with Crippen LogP contribution in [-0.4, -0.2) is 19.8 Å². The molecule has 0 aliphatic heterocycles. The summed E-state index contributed by atoms with van der Waals surface area (Å²) < 4.78 is 11.0. The molecule has 106 valence electrons. The highest BCUT2D eigenvalue weighted by Crippen LogP contribution is 2.17. The van der Waals surface area contributed by atoms with Crippen LogP contribution >= 0.6 is 11.6 Å². The fourth-order valence-corrected chi connectivity index (χ4v) is 1.86. The molecule has 2 aromatic carbocycles. The molecule has 2 aromatic rings. The lowest BCUT2D eigenvalue weighted by Crippen LogP contribution is -2.11. The lowest BCUT2D eigenvalue weighted by molar-refractivity contribution is 0.326. The Kier molecular flexibility index (Phi) is 5.56. The Bertz CT molecular complexity index is 511. The van der Waals surface area contributed by atoms with Gasteiger partial charge in [-0.3, -0.25) is 0 Å². The number of hydrogen-bond acceptors (Lipinski definition) is 3. The molecule has 0 aliphatic carbocycles. The standard InChI is InChI=1S/C16H18ClNO2/c1-2-19-15-7-9-16(10-8-15)20-12-11-18-14-5-3-13(17)4-6-14/h3-10,18H,2,11-12H2,1H3. The van der Waals surface area contributed by atoms with Gasteiger partial charge in [0.15, 0.2) is 0 Å². The fourth-order valence-electron chi connectivity index (χ4n) is 1.73. The summed E-state index contributed by atoms with van der Waals surface area (Å²) in [6, 6.07) is 15.2. The maximum Gasteiger partial charge on any atom is 0.119 e. The van der Waals surface area contributed by atoms with Crippen LogP contribution in [0.25, 0.3) is 0 Å². The third kappa shape index (κ3) is 4.67. The highest BCUT2D eigenvalue weighted by Gasteiger charge is 1.96. The summed E-state index contributed by atoms with van der Waals surface area (Å²) in [6.07, 6.45) is 0. The first-order chi connectivity index (χ1) is 9.78. The van der Waals surface area contributed by atoms with E-state index in [0.29, 0.717) is 13.2 Å². The molecule has 0 saturated carbocycles. The topological polar surface area (TPSA) is 30.5 Å². The molecule has 0 heterocycles. The maximum absolute atomic E-state index is 5.83. The summed E-state index contributed by atoms with van der Waals surface area (Å²) in [5.74, 6) is 1.70. The van der Waals surface area contributed by atoms with Crippen LogP contribution in [0.1, 0.15) is 6.92 Å². The Hall–Kier alpha value is -1.87. The third-order valence-corrected chi connectivity index (χ3v) is 2.93. The van der Waals surface area contributed by atoms with Gasteiger partial charge in [0.2, 0.25) is 0 Å². The quantitative estimate of drug-likeness (QED) is 0.774. The molecule has 0 fully saturated rings. The Morgan fingerprint density at radius 3 is 2.10 bits per heavy atom. The van der Waals surface area contributed by atoms with Crippen LogP contribution < -0.4 is 14.8 Å². The molecule has 2 rings (SSSR count). The van der Waals surface area contributed by atoms with E-state index >= 15 is 0 Å². The number of halogens is 1.